The van der Waals surface area contributed by atoms with Gasteiger partial charge in [0.05, 0.1) is 22.6 Å². The van der Waals surface area contributed by atoms with Gasteiger partial charge in [0.1, 0.15) is 6.10 Å². The molecule has 1 N–H and O–H groups in total. The Balaban J connectivity index is 1.40. The highest BCUT2D eigenvalue weighted by Gasteiger charge is 2.73. The molecule has 10 heteroatoms. The smallest absolute Gasteiger partial charge is 0.416 e. The van der Waals surface area contributed by atoms with Crippen molar-refractivity contribution in [3.8, 4) is 11.5 Å². The fourth-order valence-corrected chi connectivity index (χ4v) is 8.36. The molecule has 1 amide bonds. The fraction of sp³-hybridized carbons (Fsp3) is 0.486. The van der Waals surface area contributed by atoms with Crippen molar-refractivity contribution in [1.82, 2.24) is 9.80 Å². The fourth-order valence-electron chi connectivity index (χ4n) is 8.36. The van der Waals surface area contributed by atoms with Crippen LogP contribution >= 0.6 is 0 Å². The molecular weight excluding hydrogens is 585 g/mol. The zero-order chi connectivity index (χ0) is 32.3. The first-order valence-electron chi connectivity index (χ1n) is 15.5. The van der Waals surface area contributed by atoms with E-state index in [0.29, 0.717) is 62.4 Å². The molecule has 2 aromatic carbocycles. The third kappa shape index (κ3) is 5.06. The minimum absolute atomic E-state index is 0.108. The summed E-state index contributed by atoms with van der Waals surface area (Å²) in [6, 6.07) is 7.80. The molecule has 1 saturated carbocycles. The van der Waals surface area contributed by atoms with Crippen LogP contribution in [-0.4, -0.2) is 70.2 Å². The summed E-state index contributed by atoms with van der Waals surface area (Å²) in [5.74, 6) is 0.115. The Morgan fingerprint density at radius 2 is 1.93 bits per heavy atom. The van der Waals surface area contributed by atoms with E-state index in [1.807, 2.05) is 26.0 Å². The molecule has 0 aromatic heterocycles. The van der Waals surface area contributed by atoms with Crippen LogP contribution in [0.25, 0.3) is 6.08 Å². The number of hydrogen-bond acceptors (Lipinski definition) is 6. The normalized spacial score (nSPS) is 28.5. The number of hydrogen-bond donors (Lipinski definition) is 1. The number of benzene rings is 2. The second kappa shape index (κ2) is 11.3. The van der Waals surface area contributed by atoms with Crippen molar-refractivity contribution in [2.24, 2.45) is 5.92 Å². The minimum atomic E-state index is -4.44. The molecule has 45 heavy (non-hydrogen) atoms. The molecule has 5 atom stereocenters. The molecule has 2 heterocycles. The number of piperidine rings is 1. The van der Waals surface area contributed by atoms with Crippen LogP contribution in [0.4, 0.5) is 13.2 Å². The second-order valence-corrected chi connectivity index (χ2v) is 13.2. The number of amides is 1. The van der Waals surface area contributed by atoms with Gasteiger partial charge in [-0.25, -0.2) is 0 Å². The van der Waals surface area contributed by atoms with Crippen LogP contribution in [0.3, 0.4) is 0 Å². The lowest BCUT2D eigenvalue weighted by Crippen LogP contribution is -2.78. The first-order valence-corrected chi connectivity index (χ1v) is 15.5. The number of rotatable bonds is 8. The quantitative estimate of drug-likeness (QED) is 0.180. The lowest BCUT2D eigenvalue weighted by Gasteiger charge is -2.64. The summed E-state index contributed by atoms with van der Waals surface area (Å²) in [6.07, 6.45) is 1.86. The number of halogens is 3. The van der Waals surface area contributed by atoms with Crippen LogP contribution < -0.4 is 9.47 Å². The Morgan fingerprint density at radius 1 is 1.20 bits per heavy atom. The van der Waals surface area contributed by atoms with Gasteiger partial charge in [-0.05, 0) is 73.5 Å². The van der Waals surface area contributed by atoms with Crippen molar-refractivity contribution >= 4 is 18.0 Å². The Labute approximate surface area is 261 Å². The van der Waals surface area contributed by atoms with Gasteiger partial charge >= 0.3 is 12.1 Å². The molecule has 2 fully saturated rings. The lowest BCUT2D eigenvalue weighted by atomic mass is 9.48. The monoisotopic (exact) mass is 624 g/mol. The van der Waals surface area contributed by atoms with Crippen LogP contribution in [0, 0.1) is 5.92 Å². The van der Waals surface area contributed by atoms with Gasteiger partial charge in [0.2, 0.25) is 5.91 Å². The highest BCUT2D eigenvalue weighted by molar-refractivity contribution is 5.92. The van der Waals surface area contributed by atoms with Crippen molar-refractivity contribution in [3.63, 3.8) is 0 Å². The van der Waals surface area contributed by atoms with Crippen LogP contribution in [0.5, 0.6) is 11.5 Å². The van der Waals surface area contributed by atoms with E-state index in [9.17, 15) is 27.9 Å². The summed E-state index contributed by atoms with van der Waals surface area (Å²) in [6.45, 7) is 11.1. The largest absolute Gasteiger partial charge is 0.483 e. The van der Waals surface area contributed by atoms with E-state index < -0.39 is 40.9 Å². The molecule has 1 spiro atoms. The van der Waals surface area contributed by atoms with Crippen molar-refractivity contribution < 1.29 is 37.3 Å². The summed E-state index contributed by atoms with van der Waals surface area (Å²) in [4.78, 5) is 30.1. The zero-order valence-electron chi connectivity index (χ0n) is 25.8. The molecule has 7 nitrogen and oxygen atoms in total. The van der Waals surface area contributed by atoms with E-state index in [4.69, 9.17) is 9.47 Å². The number of carbonyl (C=O) groups is 2. The van der Waals surface area contributed by atoms with E-state index in [1.165, 1.54) is 31.2 Å². The Morgan fingerprint density at radius 3 is 2.58 bits per heavy atom. The Bertz CT molecular complexity index is 1540. The number of aliphatic hydroxyl groups is 1. The van der Waals surface area contributed by atoms with Crippen molar-refractivity contribution in [2.75, 3.05) is 19.6 Å². The van der Waals surface area contributed by atoms with Crippen molar-refractivity contribution in [3.05, 3.63) is 77.4 Å². The summed E-state index contributed by atoms with van der Waals surface area (Å²) >= 11 is 0. The number of nitrogens with zero attached hydrogens (tertiary/aromatic N) is 2. The second-order valence-electron chi connectivity index (χ2n) is 13.2. The molecule has 2 aromatic rings. The van der Waals surface area contributed by atoms with Crippen LogP contribution in [0.15, 0.2) is 55.1 Å². The van der Waals surface area contributed by atoms with Crippen molar-refractivity contribution in [1.29, 1.82) is 0 Å². The lowest BCUT2D eigenvalue weighted by molar-refractivity contribution is -0.199. The van der Waals surface area contributed by atoms with Crippen LogP contribution in [0.2, 0.25) is 0 Å². The van der Waals surface area contributed by atoms with E-state index in [2.05, 4.69) is 11.5 Å². The van der Waals surface area contributed by atoms with Crippen molar-refractivity contribution in [2.45, 2.75) is 81.8 Å². The number of ether oxygens (including phenoxy) is 2. The van der Waals surface area contributed by atoms with E-state index in [0.717, 1.165) is 23.3 Å². The maximum Gasteiger partial charge on any atom is 0.416 e. The van der Waals surface area contributed by atoms with Gasteiger partial charge in [-0.3, -0.25) is 14.5 Å². The predicted molar refractivity (Wildman–Crippen MR) is 163 cm³/mol. The third-order valence-electron chi connectivity index (χ3n) is 10.0. The van der Waals surface area contributed by atoms with Crippen LogP contribution in [-0.2, 0) is 27.6 Å². The summed E-state index contributed by atoms with van der Waals surface area (Å²) in [5.41, 5.74) is -0.338. The third-order valence-corrected chi connectivity index (χ3v) is 10.0. The highest BCUT2D eigenvalue weighted by Crippen LogP contribution is 2.66. The standard InChI is InChI=1S/C35H39F3N2O5/c1-5-17-39-18-16-33-30-24-9-12-27(44-22(4)41)31(30)45-32(33)26(14-15-34(33,43)28(39)19-24)40(20-21(2)3)29(42)13-8-23-6-10-25(11-7-23)35(36,37)38/h5-13,21,26,28,32,43H,1,14-20H2,2-4H3/t26-,28+,32-,33-,34+/m0/s1. The first-order chi connectivity index (χ1) is 21.3. The minimum Gasteiger partial charge on any atom is -0.483 e. The van der Waals surface area contributed by atoms with Gasteiger partial charge in [0.15, 0.2) is 11.5 Å². The molecule has 0 radical (unpaired) electrons. The topological polar surface area (TPSA) is 79.3 Å². The average molecular weight is 625 g/mol. The van der Waals surface area contributed by atoms with Crippen LogP contribution in [0.1, 0.15) is 62.3 Å². The molecule has 4 aliphatic rings. The Kier molecular flexibility index (Phi) is 7.88. The van der Waals surface area contributed by atoms with E-state index >= 15 is 0 Å². The van der Waals surface area contributed by atoms with E-state index in [1.54, 1.807) is 11.0 Å². The maximum absolute atomic E-state index is 14.0. The molecule has 2 bridgehead atoms. The van der Waals surface area contributed by atoms with Gasteiger partial charge < -0.3 is 19.5 Å². The zero-order valence-corrected chi connectivity index (χ0v) is 25.8. The average Bonchev–Trinajstić information content (AvgIpc) is 3.32. The molecule has 240 valence electrons. The highest BCUT2D eigenvalue weighted by atomic mass is 19.4. The summed E-state index contributed by atoms with van der Waals surface area (Å²) < 4.78 is 51.6. The van der Waals surface area contributed by atoms with Gasteiger partial charge in [-0.2, -0.15) is 13.2 Å². The summed E-state index contributed by atoms with van der Waals surface area (Å²) in [5, 5.41) is 12.8. The number of carbonyl (C=O) groups excluding carboxylic acids is 2. The number of esters is 1. The molecule has 0 unspecified atom stereocenters. The maximum atomic E-state index is 14.0. The first kappa shape index (κ1) is 31.4. The molecule has 6 rings (SSSR count). The van der Waals surface area contributed by atoms with Gasteiger partial charge in [0, 0.05) is 37.7 Å². The van der Waals surface area contributed by atoms with E-state index in [-0.39, 0.29) is 17.9 Å². The molecule has 2 aliphatic heterocycles. The SMILES string of the molecule is C=CCN1CC[C@]23c4c5ccc(OC(C)=O)c4O[C@H]2[C@@H](N(CC(C)C)C(=O)C=Cc2ccc(C(F)(F)F)cc2)CC[C@@]3(O)[C@H]1C5. The molecule has 2 aliphatic carbocycles. The van der Waals surface area contributed by atoms with Gasteiger partial charge in [-0.15, -0.1) is 6.58 Å². The van der Waals surface area contributed by atoms with Gasteiger partial charge in [-0.1, -0.05) is 38.1 Å². The van der Waals surface area contributed by atoms with Gasteiger partial charge in [0.25, 0.3) is 0 Å². The predicted octanol–water partition coefficient (Wildman–Crippen LogP) is 5.54. The number of likely N-dealkylation sites (tertiary alicyclic amines) is 1. The Hall–Kier alpha value is -3.63. The summed E-state index contributed by atoms with van der Waals surface area (Å²) in [7, 11) is 0. The number of alkyl halides is 3. The molecule has 1 saturated heterocycles. The molecular formula is C35H39F3N2O5.